The Labute approximate surface area is 123 Å². The molecule has 2 aromatic carbocycles. The lowest BCUT2D eigenvalue weighted by molar-refractivity contribution is 1.24. The smallest absolute Gasteiger partial charge is 0.0624 e. The summed E-state index contributed by atoms with van der Waals surface area (Å²) < 4.78 is 0. The zero-order valence-electron chi connectivity index (χ0n) is 11.6. The minimum Gasteiger partial charge on any atom is -0.0624 e. The van der Waals surface area contributed by atoms with Crippen LogP contribution >= 0.6 is 0 Å². The molecule has 3 heterocycles. The van der Waals surface area contributed by atoms with Crippen molar-refractivity contribution in [3.05, 3.63) is 69.4 Å². The van der Waals surface area contributed by atoms with E-state index in [1.54, 1.807) is 59.1 Å². The Balaban J connectivity index is 2.04. The Morgan fingerprint density at radius 1 is 0.524 bits per heavy atom. The van der Waals surface area contributed by atoms with Crippen molar-refractivity contribution < 1.29 is 0 Å². The van der Waals surface area contributed by atoms with Crippen molar-refractivity contribution >= 4 is 34.3 Å². The highest BCUT2D eigenvalue weighted by molar-refractivity contribution is 6.78. The second-order valence-corrected chi connectivity index (χ2v) is 9.32. The maximum atomic E-state index is 2.46. The molecule has 0 unspecified atom stereocenters. The molecule has 0 spiro atoms. The molecule has 0 bridgehead atoms. The van der Waals surface area contributed by atoms with E-state index in [0.717, 1.165) is 6.42 Å². The van der Waals surface area contributed by atoms with Crippen molar-refractivity contribution in [3.63, 3.8) is 0 Å². The maximum Gasteiger partial charge on any atom is 0.0861 e. The molecule has 4 aromatic rings. The first-order chi connectivity index (χ1) is 10.4. The fourth-order valence-electron chi connectivity index (χ4n) is 5.28. The average Bonchev–Trinajstić information content (AvgIpc) is 3.14. The van der Waals surface area contributed by atoms with Gasteiger partial charge in [-0.15, -0.1) is 0 Å². The SMILES string of the molecule is c1cc2c3c4c1Cc1ccc5c(c14)[si]1c(ccc(c31)C2)C5. The quantitative estimate of drug-likeness (QED) is 0.289. The normalized spacial score (nSPS) is 16.0. The topological polar surface area (TPSA) is 0 Å². The third kappa shape index (κ3) is 0.866. The minimum atomic E-state index is -0.619. The third-order valence-electron chi connectivity index (χ3n) is 6.03. The van der Waals surface area contributed by atoms with E-state index in [9.17, 15) is 0 Å². The molecule has 0 saturated heterocycles. The van der Waals surface area contributed by atoms with Crippen molar-refractivity contribution in [2.24, 2.45) is 0 Å². The van der Waals surface area contributed by atoms with E-state index >= 15 is 0 Å². The van der Waals surface area contributed by atoms with Crippen molar-refractivity contribution in [1.82, 2.24) is 0 Å². The fourth-order valence-corrected chi connectivity index (χ4v) is 8.85. The van der Waals surface area contributed by atoms with Gasteiger partial charge in [-0.25, -0.2) is 0 Å². The van der Waals surface area contributed by atoms with Crippen LogP contribution in [0.15, 0.2) is 36.4 Å². The van der Waals surface area contributed by atoms with Gasteiger partial charge in [0.25, 0.3) is 0 Å². The average molecular weight is 280 g/mol. The van der Waals surface area contributed by atoms with Gasteiger partial charge in [0.2, 0.25) is 0 Å². The van der Waals surface area contributed by atoms with Gasteiger partial charge in [0.05, 0.1) is 8.20 Å². The first-order valence-corrected chi connectivity index (χ1v) is 9.35. The fraction of sp³-hybridized carbons (Fsp3) is 0.150. The molecule has 2 aliphatic carbocycles. The van der Waals surface area contributed by atoms with Crippen LogP contribution in [0.25, 0.3) is 26.2 Å². The molecular formula is C20H12Si. The zero-order chi connectivity index (χ0) is 13.3. The van der Waals surface area contributed by atoms with E-state index in [-0.39, 0.29) is 0 Å². The van der Waals surface area contributed by atoms with Gasteiger partial charge >= 0.3 is 0 Å². The highest BCUT2D eigenvalue weighted by Crippen LogP contribution is 2.48. The second kappa shape index (κ2) is 2.82. The van der Waals surface area contributed by atoms with Gasteiger partial charge in [-0.3, -0.25) is 0 Å². The van der Waals surface area contributed by atoms with E-state index in [2.05, 4.69) is 36.4 Å². The summed E-state index contributed by atoms with van der Waals surface area (Å²) in [6, 6.07) is 14.5. The molecular weight excluding hydrogens is 268 g/mol. The summed E-state index contributed by atoms with van der Waals surface area (Å²) in [5.41, 5.74) is 8.03. The second-order valence-electron chi connectivity index (χ2n) is 6.93. The summed E-state index contributed by atoms with van der Waals surface area (Å²) in [4.78, 5) is 3.55. The summed E-state index contributed by atoms with van der Waals surface area (Å²) in [5, 5.41) is 6.71. The lowest BCUT2D eigenvalue weighted by Gasteiger charge is -2.08. The summed E-state index contributed by atoms with van der Waals surface area (Å²) in [5.74, 6) is 0. The molecule has 96 valence electrons. The Hall–Kier alpha value is -1.99. The molecule has 1 heteroatoms. The van der Waals surface area contributed by atoms with Crippen molar-refractivity contribution in [2.45, 2.75) is 19.3 Å². The van der Waals surface area contributed by atoms with Crippen LogP contribution in [-0.4, -0.2) is 8.20 Å². The van der Waals surface area contributed by atoms with Gasteiger partial charge in [0, 0.05) is 0 Å². The van der Waals surface area contributed by atoms with Gasteiger partial charge in [-0.2, -0.15) is 0 Å². The van der Waals surface area contributed by atoms with E-state index in [1.807, 2.05) is 0 Å². The molecule has 0 atom stereocenters. The van der Waals surface area contributed by atoms with Gasteiger partial charge in [-0.05, 0) is 73.2 Å². The van der Waals surface area contributed by atoms with Crippen molar-refractivity contribution in [2.75, 3.05) is 0 Å². The van der Waals surface area contributed by atoms with Crippen LogP contribution in [0.1, 0.15) is 33.0 Å². The highest BCUT2D eigenvalue weighted by Gasteiger charge is 2.30. The highest BCUT2D eigenvalue weighted by atomic mass is 28.2. The van der Waals surface area contributed by atoms with E-state index < -0.39 is 8.20 Å². The molecule has 2 aromatic heterocycles. The minimum absolute atomic E-state index is 0.619. The van der Waals surface area contributed by atoms with Gasteiger partial charge in [0.15, 0.2) is 0 Å². The van der Waals surface area contributed by atoms with Crippen LogP contribution in [0.3, 0.4) is 0 Å². The van der Waals surface area contributed by atoms with Crippen LogP contribution in [0, 0.1) is 0 Å². The van der Waals surface area contributed by atoms with Crippen molar-refractivity contribution in [3.8, 4) is 0 Å². The summed E-state index contributed by atoms with van der Waals surface area (Å²) >= 11 is 0. The Kier molecular flexibility index (Phi) is 1.32. The number of rotatable bonds is 0. The predicted octanol–water partition coefficient (Wildman–Crippen LogP) is 4.18. The molecule has 7 rings (SSSR count). The number of benzene rings is 2. The van der Waals surface area contributed by atoms with Crippen molar-refractivity contribution in [1.29, 1.82) is 0 Å². The number of hydrogen-bond acceptors (Lipinski definition) is 0. The van der Waals surface area contributed by atoms with Gasteiger partial charge in [-0.1, -0.05) is 41.6 Å². The lowest BCUT2D eigenvalue weighted by Crippen LogP contribution is -1.96. The van der Waals surface area contributed by atoms with E-state index in [4.69, 9.17) is 0 Å². The molecule has 1 aliphatic heterocycles. The van der Waals surface area contributed by atoms with Gasteiger partial charge in [0.1, 0.15) is 0 Å². The number of hydrogen-bond donors (Lipinski definition) is 0. The van der Waals surface area contributed by atoms with E-state index in [0.29, 0.717) is 0 Å². The maximum absolute atomic E-state index is 2.46. The summed E-state index contributed by atoms with van der Waals surface area (Å²) in [7, 11) is -0.619. The molecule has 0 N–H and O–H groups in total. The largest absolute Gasteiger partial charge is 0.0861 e. The summed E-state index contributed by atoms with van der Waals surface area (Å²) in [6.45, 7) is 0. The predicted molar refractivity (Wildman–Crippen MR) is 88.8 cm³/mol. The standard InChI is InChI=1S/C20H12Si/c1-2-12-8-13-5-6-15-9-14-4-3-11-7-10(1)16-17(11)20(14)21(15)19(13)18(12)16/h1-6H,7-9H2. The zero-order valence-corrected chi connectivity index (χ0v) is 12.6. The van der Waals surface area contributed by atoms with Crippen LogP contribution in [0.4, 0.5) is 0 Å². The van der Waals surface area contributed by atoms with Crippen LogP contribution < -0.4 is 0 Å². The first kappa shape index (κ1) is 9.86. The molecule has 21 heavy (non-hydrogen) atoms. The lowest BCUT2D eigenvalue weighted by atomic mass is 10.0. The first-order valence-electron chi connectivity index (χ1n) is 7.85. The molecule has 0 fully saturated rings. The van der Waals surface area contributed by atoms with Crippen LogP contribution in [0.2, 0.25) is 0 Å². The van der Waals surface area contributed by atoms with E-state index in [1.165, 1.54) is 12.8 Å². The van der Waals surface area contributed by atoms with Crippen LogP contribution in [0.5, 0.6) is 0 Å². The van der Waals surface area contributed by atoms with Gasteiger partial charge < -0.3 is 0 Å². The Morgan fingerprint density at radius 2 is 1.05 bits per heavy atom. The third-order valence-corrected chi connectivity index (χ3v) is 9.15. The molecule has 0 nitrogen and oxygen atoms in total. The molecule has 0 saturated carbocycles. The monoisotopic (exact) mass is 280 g/mol. The molecule has 0 amide bonds. The van der Waals surface area contributed by atoms with Crippen LogP contribution in [-0.2, 0) is 19.3 Å². The molecule has 0 radical (unpaired) electrons. The Morgan fingerprint density at radius 3 is 1.81 bits per heavy atom. The summed E-state index contributed by atoms with van der Waals surface area (Å²) in [6.07, 6.45) is 3.54. The Bertz CT molecular complexity index is 926. The molecule has 3 aliphatic rings.